The molecule has 13 heteroatoms. The number of hydrogen-bond donors (Lipinski definition) is 4. The molecule has 4 rings (SSSR count). The van der Waals surface area contributed by atoms with Crippen molar-refractivity contribution in [1.29, 1.82) is 0 Å². The Morgan fingerprint density at radius 1 is 0.889 bits per heavy atom. The molecule has 54 heavy (non-hydrogen) atoms. The number of carbonyl (C=O) groups is 2. The lowest BCUT2D eigenvalue weighted by Crippen LogP contribution is -2.57. The van der Waals surface area contributed by atoms with Crippen molar-refractivity contribution in [3.05, 3.63) is 107 Å². The zero-order valence-electron chi connectivity index (χ0n) is 31.6. The summed E-state index contributed by atoms with van der Waals surface area (Å²) in [5.41, 5.74) is 3.44. The van der Waals surface area contributed by atoms with E-state index in [-0.39, 0.29) is 18.5 Å². The maximum absolute atomic E-state index is 14.2. The SMILES string of the molecule is CCCC(CCC)S(=O)(=O)CC(NC(=O)O[C@@H]1CCN(Cc2ccccc2)C1)C(=O)N[C@@H](Cc1cc(F)cc(F)c1)[C@H](O)CNCc1cccc(CC)c1. The van der Waals surface area contributed by atoms with E-state index in [9.17, 15) is 31.9 Å². The van der Waals surface area contributed by atoms with Crippen LogP contribution in [0.15, 0.2) is 72.8 Å². The lowest BCUT2D eigenvalue weighted by Gasteiger charge is -2.28. The fourth-order valence-electron chi connectivity index (χ4n) is 6.92. The van der Waals surface area contributed by atoms with E-state index in [1.165, 1.54) is 0 Å². The Kier molecular flexibility index (Phi) is 16.9. The molecule has 1 aliphatic rings. The minimum Gasteiger partial charge on any atom is -0.445 e. The number of rotatable bonds is 21. The lowest BCUT2D eigenvalue weighted by atomic mass is 10.00. The summed E-state index contributed by atoms with van der Waals surface area (Å²) in [6.07, 6.45) is 0.616. The van der Waals surface area contributed by atoms with Crippen LogP contribution in [0.1, 0.15) is 75.1 Å². The summed E-state index contributed by atoms with van der Waals surface area (Å²) in [4.78, 5) is 29.5. The number of halogens is 2. The molecule has 1 saturated heterocycles. The molecule has 3 aromatic rings. The second-order valence-corrected chi connectivity index (χ2v) is 16.6. The molecule has 0 aromatic heterocycles. The molecule has 0 radical (unpaired) electrons. The molecule has 2 amide bonds. The number of aliphatic hydroxyl groups excluding tert-OH is 1. The Morgan fingerprint density at radius 3 is 2.22 bits per heavy atom. The minimum atomic E-state index is -3.90. The average Bonchev–Trinajstić information content (AvgIpc) is 3.56. The van der Waals surface area contributed by atoms with Gasteiger partial charge in [-0.05, 0) is 66.5 Å². The van der Waals surface area contributed by atoms with E-state index < -0.39 is 68.8 Å². The molecule has 4 atom stereocenters. The van der Waals surface area contributed by atoms with Crippen molar-refractivity contribution >= 4 is 21.8 Å². The predicted molar refractivity (Wildman–Crippen MR) is 206 cm³/mol. The molecule has 4 N–H and O–H groups in total. The topological polar surface area (TPSA) is 137 Å². The molecule has 1 fully saturated rings. The molecule has 0 bridgehead atoms. The number of hydrogen-bond acceptors (Lipinski definition) is 8. The van der Waals surface area contributed by atoms with Gasteiger partial charge >= 0.3 is 6.09 Å². The molecular weight excluding hydrogens is 715 g/mol. The number of likely N-dealkylation sites (tertiary alicyclic amines) is 1. The van der Waals surface area contributed by atoms with Crippen LogP contribution in [-0.2, 0) is 45.3 Å². The highest BCUT2D eigenvalue weighted by Crippen LogP contribution is 2.19. The molecule has 0 spiro atoms. The summed E-state index contributed by atoms with van der Waals surface area (Å²) in [5.74, 6) is -3.19. The van der Waals surface area contributed by atoms with Gasteiger partial charge in [0.25, 0.3) is 0 Å². The summed E-state index contributed by atoms with van der Waals surface area (Å²) < 4.78 is 61.7. The number of nitrogens with one attached hydrogen (secondary N) is 3. The zero-order chi connectivity index (χ0) is 39.1. The average molecular weight is 771 g/mol. The fraction of sp³-hybridized carbons (Fsp3) is 0.512. The zero-order valence-corrected chi connectivity index (χ0v) is 32.4. The van der Waals surface area contributed by atoms with Gasteiger partial charge in [0, 0.05) is 38.8 Å². The van der Waals surface area contributed by atoms with E-state index in [1.807, 2.05) is 68.4 Å². The Labute approximate surface area is 319 Å². The molecule has 10 nitrogen and oxygen atoms in total. The van der Waals surface area contributed by atoms with Crippen LogP contribution in [0, 0.1) is 11.6 Å². The Bertz CT molecular complexity index is 1720. The molecule has 1 aliphatic heterocycles. The first kappa shape index (κ1) is 42.8. The summed E-state index contributed by atoms with van der Waals surface area (Å²) in [5, 5.41) is 19.1. The van der Waals surface area contributed by atoms with Crippen LogP contribution in [0.3, 0.4) is 0 Å². The maximum atomic E-state index is 14.2. The number of aliphatic hydroxyl groups is 1. The molecule has 0 aliphatic carbocycles. The summed E-state index contributed by atoms with van der Waals surface area (Å²) in [7, 11) is -3.90. The first-order valence-electron chi connectivity index (χ1n) is 19.1. The van der Waals surface area contributed by atoms with Crippen LogP contribution < -0.4 is 16.0 Å². The Balaban J connectivity index is 1.51. The van der Waals surface area contributed by atoms with Gasteiger partial charge in [0.05, 0.1) is 23.1 Å². The highest BCUT2D eigenvalue weighted by atomic mass is 32.2. The molecule has 296 valence electrons. The van der Waals surface area contributed by atoms with E-state index >= 15 is 0 Å². The number of aryl methyl sites for hydroxylation is 1. The molecule has 3 aromatic carbocycles. The number of benzene rings is 3. The number of carbonyl (C=O) groups excluding carboxylic acids is 2. The van der Waals surface area contributed by atoms with Crippen LogP contribution in [0.25, 0.3) is 0 Å². The van der Waals surface area contributed by atoms with Gasteiger partial charge in [-0.15, -0.1) is 0 Å². The quantitative estimate of drug-likeness (QED) is 0.112. The summed E-state index contributed by atoms with van der Waals surface area (Å²) in [6, 6.07) is 18.1. The van der Waals surface area contributed by atoms with Crippen LogP contribution in [0.4, 0.5) is 13.6 Å². The third-order valence-electron chi connectivity index (χ3n) is 9.74. The number of alkyl carbamates (subject to hydrolysis) is 1. The van der Waals surface area contributed by atoms with E-state index in [1.54, 1.807) is 0 Å². The number of nitrogens with zero attached hydrogens (tertiary/aromatic N) is 1. The van der Waals surface area contributed by atoms with Crippen molar-refractivity contribution < 1.29 is 36.6 Å². The third-order valence-corrected chi connectivity index (χ3v) is 12.0. The number of sulfone groups is 1. The maximum Gasteiger partial charge on any atom is 0.408 e. The molecular formula is C41H56F2N4O6S. The van der Waals surface area contributed by atoms with Crippen LogP contribution in [-0.4, -0.2) is 85.4 Å². The van der Waals surface area contributed by atoms with Gasteiger partial charge in [-0.2, -0.15) is 0 Å². The summed E-state index contributed by atoms with van der Waals surface area (Å²) in [6.45, 7) is 8.07. The van der Waals surface area contributed by atoms with Crippen molar-refractivity contribution in [2.24, 2.45) is 0 Å². The highest BCUT2D eigenvalue weighted by Gasteiger charge is 2.35. The van der Waals surface area contributed by atoms with Crippen molar-refractivity contribution in [3.8, 4) is 0 Å². The van der Waals surface area contributed by atoms with Gasteiger partial charge in [-0.1, -0.05) is 88.2 Å². The highest BCUT2D eigenvalue weighted by molar-refractivity contribution is 7.92. The molecule has 1 unspecified atom stereocenters. The fourth-order valence-corrected chi connectivity index (χ4v) is 9.08. The van der Waals surface area contributed by atoms with Gasteiger partial charge in [0.15, 0.2) is 9.84 Å². The van der Waals surface area contributed by atoms with Crippen molar-refractivity contribution in [2.45, 2.75) is 108 Å². The van der Waals surface area contributed by atoms with Crippen LogP contribution >= 0.6 is 0 Å². The van der Waals surface area contributed by atoms with Crippen LogP contribution in [0.5, 0.6) is 0 Å². The van der Waals surface area contributed by atoms with Crippen molar-refractivity contribution in [2.75, 3.05) is 25.4 Å². The monoisotopic (exact) mass is 770 g/mol. The van der Waals surface area contributed by atoms with E-state index in [2.05, 4.69) is 27.8 Å². The Morgan fingerprint density at radius 2 is 1.56 bits per heavy atom. The smallest absolute Gasteiger partial charge is 0.408 e. The molecule has 1 heterocycles. The second kappa shape index (κ2) is 21.3. The van der Waals surface area contributed by atoms with E-state index in [4.69, 9.17) is 4.74 Å². The second-order valence-electron chi connectivity index (χ2n) is 14.2. The lowest BCUT2D eigenvalue weighted by molar-refractivity contribution is -0.124. The predicted octanol–water partition coefficient (Wildman–Crippen LogP) is 5.46. The van der Waals surface area contributed by atoms with E-state index in [0.29, 0.717) is 58.3 Å². The first-order valence-corrected chi connectivity index (χ1v) is 20.8. The van der Waals surface area contributed by atoms with Gasteiger partial charge in [-0.25, -0.2) is 22.0 Å². The standard InChI is InChI=1S/C41H56F2N4O6S/c1-4-11-36(12-5-2)54(51,52)28-38(46-41(50)53-35-17-18-47(27-35)26-30-13-8-7-9-14-30)40(49)45-37(22-32-20-33(42)23-34(43)21-32)39(48)25-44-24-31-16-10-15-29(6-3)19-31/h7-10,13-16,19-21,23,35-39,44,48H,4-6,11-12,17-18,22,24-28H2,1-3H3,(H,45,49)(H,46,50)/t35-,37+,38?,39-/m1/s1. The normalized spacial score (nSPS) is 16.5. The third kappa shape index (κ3) is 13.7. The Hall–Kier alpha value is -3.91. The van der Waals surface area contributed by atoms with Crippen LogP contribution in [0.2, 0.25) is 0 Å². The number of ether oxygens (including phenoxy) is 1. The van der Waals surface area contributed by atoms with Gasteiger partial charge in [0.2, 0.25) is 5.91 Å². The minimum absolute atomic E-state index is 0.00618. The largest absolute Gasteiger partial charge is 0.445 e. The van der Waals surface area contributed by atoms with Gasteiger partial charge < -0.3 is 25.8 Å². The van der Waals surface area contributed by atoms with Gasteiger partial charge in [0.1, 0.15) is 23.8 Å². The number of amides is 2. The summed E-state index contributed by atoms with van der Waals surface area (Å²) >= 11 is 0. The first-order chi connectivity index (χ1) is 25.9. The van der Waals surface area contributed by atoms with E-state index in [0.717, 1.165) is 41.3 Å². The van der Waals surface area contributed by atoms with Gasteiger partial charge in [-0.3, -0.25) is 9.69 Å². The molecule has 0 saturated carbocycles. The van der Waals surface area contributed by atoms with Crippen molar-refractivity contribution in [3.63, 3.8) is 0 Å². The van der Waals surface area contributed by atoms with Crippen molar-refractivity contribution in [1.82, 2.24) is 20.9 Å².